The lowest BCUT2D eigenvalue weighted by atomic mass is 10.2. The Balaban J connectivity index is 1.70. The van der Waals surface area contributed by atoms with Gasteiger partial charge in [-0.25, -0.2) is 15.0 Å². The van der Waals surface area contributed by atoms with Crippen molar-refractivity contribution in [3.8, 4) is 34.4 Å². The summed E-state index contributed by atoms with van der Waals surface area (Å²) in [5.74, 6) is 2.85. The van der Waals surface area contributed by atoms with Gasteiger partial charge in [0.05, 0.1) is 33.1 Å². The van der Waals surface area contributed by atoms with Crippen molar-refractivity contribution in [3.05, 3.63) is 36.7 Å². The Morgan fingerprint density at radius 1 is 0.967 bits per heavy atom. The predicted octanol–water partition coefficient (Wildman–Crippen LogP) is 2.16. The molecule has 1 fully saturated rings. The first-order valence-electron chi connectivity index (χ1n) is 9.36. The Labute approximate surface area is 173 Å². The molecule has 1 aromatic carbocycles. The molecule has 3 aromatic rings. The predicted molar refractivity (Wildman–Crippen MR) is 110 cm³/mol. The van der Waals surface area contributed by atoms with E-state index in [1.165, 1.54) is 0 Å². The quantitative estimate of drug-likeness (QED) is 0.647. The summed E-state index contributed by atoms with van der Waals surface area (Å²) in [4.78, 5) is 19.4. The smallest absolute Gasteiger partial charge is 0.229 e. The molecule has 30 heavy (non-hydrogen) atoms. The molecule has 0 atom stereocenters. The maximum atomic E-state index is 6.03. The maximum absolute atomic E-state index is 6.03. The van der Waals surface area contributed by atoms with Crippen LogP contribution in [0.3, 0.4) is 0 Å². The van der Waals surface area contributed by atoms with Crippen LogP contribution in [0.1, 0.15) is 0 Å². The molecule has 0 unspecified atom stereocenters. The third kappa shape index (κ3) is 4.33. The summed E-state index contributed by atoms with van der Waals surface area (Å²) >= 11 is 0. The van der Waals surface area contributed by atoms with Gasteiger partial charge in [-0.15, -0.1) is 0 Å². The summed E-state index contributed by atoms with van der Waals surface area (Å²) in [7, 11) is 3.15. The summed E-state index contributed by atoms with van der Waals surface area (Å²) in [6, 6.07) is 7.02. The van der Waals surface area contributed by atoms with E-state index in [9.17, 15) is 0 Å². The van der Waals surface area contributed by atoms with E-state index < -0.39 is 0 Å². The van der Waals surface area contributed by atoms with E-state index in [4.69, 9.17) is 24.7 Å². The molecule has 0 bridgehead atoms. The van der Waals surface area contributed by atoms with Crippen molar-refractivity contribution in [1.82, 2.24) is 19.9 Å². The van der Waals surface area contributed by atoms with Gasteiger partial charge in [0.25, 0.3) is 0 Å². The Hall–Kier alpha value is -3.66. The molecule has 156 valence electrons. The van der Waals surface area contributed by atoms with E-state index >= 15 is 0 Å². The summed E-state index contributed by atoms with van der Waals surface area (Å²) in [6.45, 7) is 2.61. The van der Waals surface area contributed by atoms with Gasteiger partial charge in [-0.2, -0.15) is 4.98 Å². The molecule has 0 aliphatic carbocycles. The molecule has 1 saturated heterocycles. The highest BCUT2D eigenvalue weighted by molar-refractivity contribution is 5.61. The molecule has 0 radical (unpaired) electrons. The minimum atomic E-state index is 0.197. The lowest BCUT2D eigenvalue weighted by molar-refractivity contribution is 0.122. The van der Waals surface area contributed by atoms with E-state index in [-0.39, 0.29) is 5.95 Å². The molecule has 10 heteroatoms. The van der Waals surface area contributed by atoms with Gasteiger partial charge in [-0.1, -0.05) is 0 Å². The standard InChI is InChI=1S/C20H22N6O4/c1-27-16-4-3-14(9-17(16)28-2)30-18-10-15(13-11-22-19(21)23-12-13)24-20(25-18)26-5-7-29-8-6-26/h3-4,9-12H,5-8H2,1-2H3,(H2,21,22,23). The van der Waals surface area contributed by atoms with Crippen molar-refractivity contribution in [2.24, 2.45) is 0 Å². The van der Waals surface area contributed by atoms with E-state index in [0.29, 0.717) is 66.6 Å². The maximum Gasteiger partial charge on any atom is 0.229 e. The number of rotatable bonds is 6. The SMILES string of the molecule is COc1ccc(Oc2cc(-c3cnc(N)nc3)nc(N3CCOCC3)n2)cc1OC. The zero-order valence-corrected chi connectivity index (χ0v) is 16.7. The molecule has 10 nitrogen and oxygen atoms in total. The van der Waals surface area contributed by atoms with Gasteiger partial charge < -0.3 is 29.6 Å². The fraction of sp³-hybridized carbons (Fsp3) is 0.300. The van der Waals surface area contributed by atoms with Crippen molar-refractivity contribution in [3.63, 3.8) is 0 Å². The average molecular weight is 410 g/mol. The first-order valence-corrected chi connectivity index (χ1v) is 9.36. The summed E-state index contributed by atoms with van der Waals surface area (Å²) in [5, 5.41) is 0. The second kappa shape index (κ2) is 8.78. The molecule has 0 saturated carbocycles. The van der Waals surface area contributed by atoms with Crippen LogP contribution in [0.25, 0.3) is 11.3 Å². The van der Waals surface area contributed by atoms with Crippen LogP contribution in [0.5, 0.6) is 23.1 Å². The van der Waals surface area contributed by atoms with Gasteiger partial charge in [0, 0.05) is 43.2 Å². The Morgan fingerprint density at radius 3 is 2.40 bits per heavy atom. The molecule has 0 spiro atoms. The van der Waals surface area contributed by atoms with Crippen molar-refractivity contribution < 1.29 is 18.9 Å². The first-order chi connectivity index (χ1) is 14.7. The number of anilines is 2. The average Bonchev–Trinajstić information content (AvgIpc) is 2.80. The number of hydrogen-bond acceptors (Lipinski definition) is 10. The molecule has 2 aromatic heterocycles. The van der Waals surface area contributed by atoms with E-state index in [1.54, 1.807) is 50.9 Å². The zero-order valence-electron chi connectivity index (χ0n) is 16.7. The highest BCUT2D eigenvalue weighted by Crippen LogP contribution is 2.34. The number of aromatic nitrogens is 4. The molecule has 1 aliphatic heterocycles. The van der Waals surface area contributed by atoms with Crippen LogP contribution in [0.2, 0.25) is 0 Å². The minimum absolute atomic E-state index is 0.197. The van der Waals surface area contributed by atoms with Gasteiger partial charge in [0.15, 0.2) is 11.5 Å². The van der Waals surface area contributed by atoms with Gasteiger partial charge in [0.1, 0.15) is 5.75 Å². The van der Waals surface area contributed by atoms with Crippen molar-refractivity contribution >= 4 is 11.9 Å². The van der Waals surface area contributed by atoms with Crippen LogP contribution >= 0.6 is 0 Å². The summed E-state index contributed by atoms with van der Waals surface area (Å²) in [6.07, 6.45) is 3.24. The van der Waals surface area contributed by atoms with E-state index in [0.717, 1.165) is 0 Å². The van der Waals surface area contributed by atoms with E-state index in [2.05, 4.69) is 19.9 Å². The minimum Gasteiger partial charge on any atom is -0.493 e. The number of nitrogens with zero attached hydrogens (tertiary/aromatic N) is 5. The van der Waals surface area contributed by atoms with Crippen molar-refractivity contribution in [2.75, 3.05) is 51.2 Å². The number of morpholine rings is 1. The van der Waals surface area contributed by atoms with Crippen LogP contribution in [0.4, 0.5) is 11.9 Å². The lowest BCUT2D eigenvalue weighted by Crippen LogP contribution is -2.37. The van der Waals surface area contributed by atoms with Crippen LogP contribution < -0.4 is 24.8 Å². The topological polar surface area (TPSA) is 118 Å². The third-order valence-corrected chi connectivity index (χ3v) is 4.53. The molecule has 1 aliphatic rings. The molecular formula is C20H22N6O4. The van der Waals surface area contributed by atoms with Crippen LogP contribution in [0, 0.1) is 0 Å². The van der Waals surface area contributed by atoms with Crippen molar-refractivity contribution in [2.45, 2.75) is 0 Å². The lowest BCUT2D eigenvalue weighted by Gasteiger charge is -2.27. The number of nitrogens with two attached hydrogens (primary N) is 1. The normalized spacial score (nSPS) is 13.7. The summed E-state index contributed by atoms with van der Waals surface area (Å²) < 4.78 is 22.1. The van der Waals surface area contributed by atoms with Crippen LogP contribution in [-0.2, 0) is 4.74 Å². The van der Waals surface area contributed by atoms with Gasteiger partial charge in [0.2, 0.25) is 17.8 Å². The Morgan fingerprint density at radius 2 is 1.70 bits per heavy atom. The fourth-order valence-corrected chi connectivity index (χ4v) is 2.99. The highest BCUT2D eigenvalue weighted by atomic mass is 16.5. The molecule has 3 heterocycles. The van der Waals surface area contributed by atoms with E-state index in [1.807, 2.05) is 4.90 Å². The number of hydrogen-bond donors (Lipinski definition) is 1. The molecule has 2 N–H and O–H groups in total. The number of nitrogen functional groups attached to an aromatic ring is 1. The largest absolute Gasteiger partial charge is 0.493 e. The second-order valence-corrected chi connectivity index (χ2v) is 6.44. The highest BCUT2D eigenvalue weighted by Gasteiger charge is 2.18. The molecule has 4 rings (SSSR count). The second-order valence-electron chi connectivity index (χ2n) is 6.44. The van der Waals surface area contributed by atoms with Gasteiger partial charge in [-0.05, 0) is 12.1 Å². The van der Waals surface area contributed by atoms with Crippen LogP contribution in [-0.4, -0.2) is 60.5 Å². The fourth-order valence-electron chi connectivity index (χ4n) is 2.99. The zero-order chi connectivity index (χ0) is 20.9. The monoisotopic (exact) mass is 410 g/mol. The summed E-state index contributed by atoms with van der Waals surface area (Å²) in [5.41, 5.74) is 6.94. The molecular weight excluding hydrogens is 388 g/mol. The van der Waals surface area contributed by atoms with Crippen molar-refractivity contribution in [1.29, 1.82) is 0 Å². The Kier molecular flexibility index (Phi) is 5.75. The number of methoxy groups -OCH3 is 2. The number of benzene rings is 1. The molecule has 0 amide bonds. The van der Waals surface area contributed by atoms with Gasteiger partial charge >= 0.3 is 0 Å². The number of ether oxygens (including phenoxy) is 4. The van der Waals surface area contributed by atoms with Gasteiger partial charge in [-0.3, -0.25) is 0 Å². The first kappa shape index (κ1) is 19.6. The third-order valence-electron chi connectivity index (χ3n) is 4.53. The Bertz CT molecular complexity index is 1010. The van der Waals surface area contributed by atoms with Crippen LogP contribution in [0.15, 0.2) is 36.7 Å².